The minimum atomic E-state index is 1.13. The van der Waals surface area contributed by atoms with Crippen LogP contribution < -0.4 is 9.75 Å². The molecule has 0 fully saturated rings. The van der Waals surface area contributed by atoms with Gasteiger partial charge in [0, 0.05) is 4.53 Å². The SMILES string of the molecule is C=c1scc(C)/c1=C(\C)CC.CC. The Bertz CT molecular complexity index is 344. The Kier molecular flexibility index (Phi) is 5.72. The largest absolute Gasteiger partial charge is 0.144 e. The summed E-state index contributed by atoms with van der Waals surface area (Å²) in [5, 5.41) is 3.56. The fourth-order valence-electron chi connectivity index (χ4n) is 1.25. The molecule has 0 saturated heterocycles. The van der Waals surface area contributed by atoms with Gasteiger partial charge in [-0.15, -0.1) is 11.3 Å². The molecular weight excluding hydrogens is 176 g/mol. The Morgan fingerprint density at radius 3 is 2.31 bits per heavy atom. The molecule has 0 aliphatic carbocycles. The Balaban J connectivity index is 0.000000671. The third-order valence-electron chi connectivity index (χ3n) is 2.01. The highest BCUT2D eigenvalue weighted by Crippen LogP contribution is 1.99. The molecule has 0 atom stereocenters. The minimum Gasteiger partial charge on any atom is -0.144 e. The summed E-state index contributed by atoms with van der Waals surface area (Å²) < 4.78 is 1.21. The lowest BCUT2D eigenvalue weighted by atomic mass is 10.1. The molecule has 74 valence electrons. The summed E-state index contributed by atoms with van der Waals surface area (Å²) in [7, 11) is 0. The van der Waals surface area contributed by atoms with E-state index in [4.69, 9.17) is 0 Å². The van der Waals surface area contributed by atoms with E-state index in [1.165, 1.54) is 20.9 Å². The summed E-state index contributed by atoms with van der Waals surface area (Å²) in [6, 6.07) is 0. The van der Waals surface area contributed by atoms with Crippen molar-refractivity contribution in [2.24, 2.45) is 0 Å². The number of aryl methyl sites for hydroxylation is 1. The van der Waals surface area contributed by atoms with Gasteiger partial charge in [-0.05, 0) is 36.4 Å². The highest BCUT2D eigenvalue weighted by atomic mass is 32.1. The zero-order valence-electron chi connectivity index (χ0n) is 9.40. The molecule has 0 spiro atoms. The van der Waals surface area contributed by atoms with Crippen LogP contribution in [0.25, 0.3) is 12.2 Å². The fourth-order valence-corrected chi connectivity index (χ4v) is 2.14. The molecule has 13 heavy (non-hydrogen) atoms. The lowest BCUT2D eigenvalue weighted by Crippen LogP contribution is -2.21. The molecule has 1 heterocycles. The van der Waals surface area contributed by atoms with Crippen molar-refractivity contribution in [1.29, 1.82) is 0 Å². The molecule has 1 heteroatoms. The Hall–Kier alpha value is -0.560. The van der Waals surface area contributed by atoms with Crippen molar-refractivity contribution in [2.45, 2.75) is 41.0 Å². The molecular formula is C12H20S. The third-order valence-corrected chi connectivity index (χ3v) is 2.97. The van der Waals surface area contributed by atoms with E-state index in [0.29, 0.717) is 0 Å². The molecule has 0 radical (unpaired) electrons. The summed E-state index contributed by atoms with van der Waals surface area (Å²) in [5.74, 6) is 0. The van der Waals surface area contributed by atoms with E-state index in [1.54, 1.807) is 11.3 Å². The number of thiophene rings is 1. The van der Waals surface area contributed by atoms with Crippen molar-refractivity contribution in [2.75, 3.05) is 0 Å². The average Bonchev–Trinajstić information content (AvgIpc) is 2.49. The maximum atomic E-state index is 4.01. The predicted molar refractivity (Wildman–Crippen MR) is 64.5 cm³/mol. The van der Waals surface area contributed by atoms with Gasteiger partial charge in [0.15, 0.2) is 0 Å². The first kappa shape index (κ1) is 12.4. The first-order valence-corrected chi connectivity index (χ1v) is 5.77. The van der Waals surface area contributed by atoms with E-state index in [-0.39, 0.29) is 0 Å². The summed E-state index contributed by atoms with van der Waals surface area (Å²) >= 11 is 1.74. The summed E-state index contributed by atoms with van der Waals surface area (Å²) in [6.07, 6.45) is 1.13. The van der Waals surface area contributed by atoms with E-state index >= 15 is 0 Å². The molecule has 0 aliphatic heterocycles. The smallest absolute Gasteiger partial charge is 0.0273 e. The minimum absolute atomic E-state index is 1.13. The standard InChI is InChI=1S/C10H14S.C2H6/c1-5-7(2)10-8(3)6-11-9(10)4;1-2/h6H,4-5H2,1-3H3;1-2H3/b10-7-;. The van der Waals surface area contributed by atoms with Crippen LogP contribution in [0.3, 0.4) is 0 Å². The zero-order chi connectivity index (χ0) is 10.4. The lowest BCUT2D eigenvalue weighted by molar-refractivity contribution is 1.20. The van der Waals surface area contributed by atoms with Crippen LogP contribution >= 0.6 is 11.3 Å². The van der Waals surface area contributed by atoms with E-state index in [9.17, 15) is 0 Å². The highest BCUT2D eigenvalue weighted by molar-refractivity contribution is 7.07. The van der Waals surface area contributed by atoms with Gasteiger partial charge in [0.1, 0.15) is 0 Å². The van der Waals surface area contributed by atoms with Crippen molar-refractivity contribution in [1.82, 2.24) is 0 Å². The van der Waals surface area contributed by atoms with Crippen molar-refractivity contribution in [3.8, 4) is 0 Å². The van der Waals surface area contributed by atoms with Gasteiger partial charge in [0.25, 0.3) is 0 Å². The van der Waals surface area contributed by atoms with Crippen molar-refractivity contribution in [3.63, 3.8) is 0 Å². The monoisotopic (exact) mass is 196 g/mol. The molecule has 0 amide bonds. The van der Waals surface area contributed by atoms with Crippen LogP contribution in [0.4, 0.5) is 0 Å². The van der Waals surface area contributed by atoms with E-state index in [1.807, 2.05) is 13.8 Å². The van der Waals surface area contributed by atoms with E-state index < -0.39 is 0 Å². The Morgan fingerprint density at radius 2 is 2.00 bits per heavy atom. The first-order valence-electron chi connectivity index (χ1n) is 4.89. The first-order chi connectivity index (χ1) is 6.16. The second kappa shape index (κ2) is 5.98. The summed E-state index contributed by atoms with van der Waals surface area (Å²) in [6.45, 7) is 14.5. The number of hydrogen-bond donors (Lipinski definition) is 0. The van der Waals surface area contributed by atoms with Crippen molar-refractivity contribution < 1.29 is 0 Å². The predicted octanol–water partition coefficient (Wildman–Crippen LogP) is 3.07. The van der Waals surface area contributed by atoms with Gasteiger partial charge in [0.2, 0.25) is 0 Å². The molecule has 1 aromatic heterocycles. The maximum absolute atomic E-state index is 4.01. The van der Waals surface area contributed by atoms with Crippen LogP contribution in [0, 0.1) is 6.92 Å². The van der Waals surface area contributed by atoms with Crippen LogP contribution in [-0.2, 0) is 0 Å². The number of rotatable bonds is 1. The van der Waals surface area contributed by atoms with Gasteiger partial charge >= 0.3 is 0 Å². The molecule has 0 aromatic carbocycles. The van der Waals surface area contributed by atoms with Gasteiger partial charge in [0.05, 0.1) is 0 Å². The average molecular weight is 196 g/mol. The highest BCUT2D eigenvalue weighted by Gasteiger charge is 1.95. The second-order valence-electron chi connectivity index (χ2n) is 2.85. The van der Waals surface area contributed by atoms with Gasteiger partial charge in [-0.25, -0.2) is 0 Å². The molecule has 1 rings (SSSR count). The van der Waals surface area contributed by atoms with Gasteiger partial charge in [-0.2, -0.15) is 0 Å². The quantitative estimate of drug-likeness (QED) is 0.647. The molecule has 0 nitrogen and oxygen atoms in total. The molecule has 0 N–H and O–H groups in total. The van der Waals surface area contributed by atoms with Gasteiger partial charge in [-0.3, -0.25) is 0 Å². The lowest BCUT2D eigenvalue weighted by Gasteiger charge is -1.92. The topological polar surface area (TPSA) is 0 Å². The van der Waals surface area contributed by atoms with Gasteiger partial charge < -0.3 is 0 Å². The zero-order valence-corrected chi connectivity index (χ0v) is 10.2. The van der Waals surface area contributed by atoms with Crippen LogP contribution in [0.15, 0.2) is 5.38 Å². The van der Waals surface area contributed by atoms with E-state index in [2.05, 4.69) is 32.7 Å². The fraction of sp³-hybridized carbons (Fsp3) is 0.500. The third kappa shape index (κ3) is 3.00. The van der Waals surface area contributed by atoms with Gasteiger partial charge in [-0.1, -0.05) is 32.9 Å². The Labute approximate surface area is 85.6 Å². The molecule has 1 aromatic rings. The number of hydrogen-bond acceptors (Lipinski definition) is 1. The van der Waals surface area contributed by atoms with E-state index in [0.717, 1.165) is 6.42 Å². The normalized spacial score (nSPS) is 11.8. The Morgan fingerprint density at radius 1 is 1.46 bits per heavy atom. The maximum Gasteiger partial charge on any atom is 0.0273 e. The van der Waals surface area contributed by atoms with Crippen LogP contribution in [0.2, 0.25) is 0 Å². The molecule has 0 bridgehead atoms. The summed E-state index contributed by atoms with van der Waals surface area (Å²) in [5.41, 5.74) is 2.83. The van der Waals surface area contributed by atoms with Crippen LogP contribution in [0.5, 0.6) is 0 Å². The van der Waals surface area contributed by atoms with Crippen LogP contribution in [-0.4, -0.2) is 0 Å². The second-order valence-corrected chi connectivity index (χ2v) is 3.81. The molecule has 0 saturated carbocycles. The van der Waals surface area contributed by atoms with Crippen molar-refractivity contribution in [3.05, 3.63) is 20.7 Å². The molecule has 0 unspecified atom stereocenters. The molecule has 0 aliphatic rings. The van der Waals surface area contributed by atoms with Crippen molar-refractivity contribution >= 4 is 23.5 Å². The van der Waals surface area contributed by atoms with Crippen LogP contribution in [0.1, 0.15) is 39.7 Å². The summed E-state index contributed by atoms with van der Waals surface area (Å²) in [4.78, 5) is 0.